The number of aromatic nitrogens is 3. The minimum Gasteiger partial charge on any atom is -0.456 e. The van der Waals surface area contributed by atoms with Gasteiger partial charge in [0.15, 0.2) is 0 Å². The van der Waals surface area contributed by atoms with Crippen molar-refractivity contribution in [2.45, 2.75) is 6.92 Å². The van der Waals surface area contributed by atoms with Crippen LogP contribution in [0.15, 0.2) is 18.6 Å². The van der Waals surface area contributed by atoms with Gasteiger partial charge in [0, 0.05) is 5.92 Å². The van der Waals surface area contributed by atoms with Gasteiger partial charge >= 0.3 is 5.97 Å². The molecule has 16 heavy (non-hydrogen) atoms. The number of H-pyrrole nitrogens is 2. The first-order chi connectivity index (χ1) is 7.81. The number of hydrogen-bond donors (Lipinski definition) is 1. The van der Waals surface area contributed by atoms with Gasteiger partial charge in [-0.2, -0.15) is 0 Å². The molecule has 0 fully saturated rings. The highest BCUT2D eigenvalue weighted by molar-refractivity contribution is 5.90. The lowest BCUT2D eigenvalue weighted by molar-refractivity contribution is -0.352. The van der Waals surface area contributed by atoms with Crippen LogP contribution in [0.5, 0.6) is 0 Å². The van der Waals surface area contributed by atoms with Crippen LogP contribution in [0.2, 0.25) is 0 Å². The largest absolute Gasteiger partial charge is 0.456 e. The Bertz CT molecular complexity index is 577. The Kier molecular flexibility index (Phi) is 2.83. The second-order valence-corrected chi connectivity index (χ2v) is 2.99. The molecule has 2 rings (SSSR count). The van der Waals surface area contributed by atoms with Crippen molar-refractivity contribution in [3.05, 3.63) is 24.3 Å². The summed E-state index contributed by atoms with van der Waals surface area (Å²) in [6.07, 6.45) is 3.30. The summed E-state index contributed by atoms with van der Waals surface area (Å²) in [6.45, 7) is 2.06. The molecule has 0 spiro atoms. The number of nitrogens with one attached hydrogen (secondary N) is 2. The predicted octanol–water partition coefficient (Wildman–Crippen LogP) is 0.292. The van der Waals surface area contributed by atoms with Crippen molar-refractivity contribution < 1.29 is 14.5 Å². The van der Waals surface area contributed by atoms with Gasteiger partial charge in [-0.3, -0.25) is 4.98 Å². The summed E-state index contributed by atoms with van der Waals surface area (Å²) in [4.78, 5) is 21.0. The van der Waals surface area contributed by atoms with E-state index in [4.69, 9.17) is 4.74 Å². The summed E-state index contributed by atoms with van der Waals surface area (Å²) in [6, 6.07) is 1.84. The van der Waals surface area contributed by atoms with Crippen molar-refractivity contribution >= 4 is 17.0 Å². The molecular formula is C11H10N3O2+. The molecule has 0 saturated heterocycles. The number of fused-ring (bicyclic) bond motifs is 1. The molecule has 0 atom stereocenters. The van der Waals surface area contributed by atoms with Crippen LogP contribution in [0.1, 0.15) is 12.6 Å². The topological polar surface area (TPSA) is 69.1 Å². The van der Waals surface area contributed by atoms with E-state index in [-0.39, 0.29) is 0 Å². The molecular weight excluding hydrogens is 206 g/mol. The van der Waals surface area contributed by atoms with Crippen LogP contribution >= 0.6 is 0 Å². The Morgan fingerprint density at radius 1 is 1.69 bits per heavy atom. The van der Waals surface area contributed by atoms with Gasteiger partial charge in [-0.05, 0) is 18.9 Å². The highest BCUT2D eigenvalue weighted by Gasteiger charge is 2.07. The van der Waals surface area contributed by atoms with Crippen LogP contribution in [0.25, 0.3) is 11.0 Å². The molecule has 2 N–H and O–H groups in total. The number of rotatable bonds is 1. The minimum atomic E-state index is -0.541. The summed E-state index contributed by atoms with van der Waals surface area (Å²) >= 11 is 0. The monoisotopic (exact) mass is 216 g/mol. The maximum atomic E-state index is 11.1. The number of nitrogens with zero attached hydrogens (tertiary/aromatic N) is 1. The maximum absolute atomic E-state index is 11.1. The standard InChI is InChI=1S/C11H9N3O2/c1-2-16-10(15)4-3-9-8-5-6-12-11(8)14-7-13-9/h5-7H,2H2,1H3,(H,12,13,14)/p+1. The van der Waals surface area contributed by atoms with Gasteiger partial charge in [0.1, 0.15) is 5.39 Å². The molecule has 0 aliphatic heterocycles. The van der Waals surface area contributed by atoms with Crippen LogP contribution in [0.4, 0.5) is 0 Å². The fourth-order valence-corrected chi connectivity index (χ4v) is 1.29. The molecule has 2 aromatic rings. The average molecular weight is 216 g/mol. The Labute approximate surface area is 91.9 Å². The molecule has 0 aliphatic carbocycles. The zero-order valence-corrected chi connectivity index (χ0v) is 8.70. The third-order valence-electron chi connectivity index (χ3n) is 1.96. The van der Waals surface area contributed by atoms with E-state index in [9.17, 15) is 4.79 Å². The number of ether oxygens (including phenoxy) is 1. The third-order valence-corrected chi connectivity index (χ3v) is 1.96. The van der Waals surface area contributed by atoms with Crippen LogP contribution in [0, 0.1) is 11.8 Å². The fourth-order valence-electron chi connectivity index (χ4n) is 1.29. The minimum absolute atomic E-state index is 0.322. The summed E-state index contributed by atoms with van der Waals surface area (Å²) in [5.74, 6) is 4.52. The molecule has 0 amide bonds. The molecule has 0 unspecified atom stereocenters. The molecule has 0 radical (unpaired) electrons. The predicted molar refractivity (Wildman–Crippen MR) is 56.2 cm³/mol. The van der Waals surface area contributed by atoms with Gasteiger partial charge in [0.25, 0.3) is 0 Å². The summed E-state index contributed by atoms with van der Waals surface area (Å²) in [5.41, 5.74) is 1.37. The lowest BCUT2D eigenvalue weighted by Gasteiger charge is -1.90. The molecule has 0 aliphatic rings. The molecule has 2 heterocycles. The molecule has 0 saturated carbocycles. The number of carbonyl (C=O) groups is 1. The lowest BCUT2D eigenvalue weighted by atomic mass is 10.3. The van der Waals surface area contributed by atoms with Crippen LogP contribution in [-0.2, 0) is 9.53 Å². The Morgan fingerprint density at radius 2 is 2.56 bits per heavy atom. The number of esters is 1. The maximum Gasteiger partial charge on any atom is 0.384 e. The zero-order chi connectivity index (χ0) is 11.4. The summed E-state index contributed by atoms with van der Waals surface area (Å²) in [7, 11) is 0. The first-order valence-corrected chi connectivity index (χ1v) is 4.84. The van der Waals surface area contributed by atoms with Crippen LogP contribution in [-0.4, -0.2) is 22.5 Å². The van der Waals surface area contributed by atoms with Gasteiger partial charge in [-0.1, -0.05) is 0 Å². The first kappa shape index (κ1) is 10.2. The normalized spacial score (nSPS) is 9.56. The van der Waals surface area contributed by atoms with E-state index in [1.807, 2.05) is 6.07 Å². The SMILES string of the molecule is CCOC(=O)C#Cc1nc[nH+]c2[nH]ccc12. The average Bonchev–Trinajstić information content (AvgIpc) is 2.75. The molecule has 0 aromatic carbocycles. The van der Waals surface area contributed by atoms with Crippen LogP contribution < -0.4 is 4.98 Å². The van der Waals surface area contributed by atoms with Gasteiger partial charge < -0.3 is 4.74 Å². The van der Waals surface area contributed by atoms with Gasteiger partial charge in [0.05, 0.1) is 12.8 Å². The van der Waals surface area contributed by atoms with E-state index in [2.05, 4.69) is 26.8 Å². The van der Waals surface area contributed by atoms with Crippen molar-refractivity contribution in [3.8, 4) is 11.8 Å². The van der Waals surface area contributed by atoms with Crippen molar-refractivity contribution in [1.29, 1.82) is 0 Å². The number of hydrogen-bond acceptors (Lipinski definition) is 3. The number of carbonyl (C=O) groups excluding carboxylic acids is 1. The van der Waals surface area contributed by atoms with Gasteiger partial charge in [-0.25, -0.2) is 9.78 Å². The summed E-state index contributed by atoms with van der Waals surface area (Å²) in [5, 5.41) is 0.847. The first-order valence-electron chi connectivity index (χ1n) is 4.84. The highest BCUT2D eigenvalue weighted by Crippen LogP contribution is 2.08. The summed E-state index contributed by atoms with van der Waals surface area (Å²) < 4.78 is 4.70. The van der Waals surface area contributed by atoms with Crippen molar-refractivity contribution in [3.63, 3.8) is 0 Å². The zero-order valence-electron chi connectivity index (χ0n) is 8.70. The van der Waals surface area contributed by atoms with Gasteiger partial charge in [-0.15, -0.1) is 4.98 Å². The Hall–Kier alpha value is -2.35. The van der Waals surface area contributed by atoms with E-state index in [0.29, 0.717) is 12.3 Å². The molecule has 5 nitrogen and oxygen atoms in total. The Morgan fingerprint density at radius 3 is 3.38 bits per heavy atom. The molecule has 5 heteroatoms. The molecule has 2 aromatic heterocycles. The van der Waals surface area contributed by atoms with E-state index in [1.54, 1.807) is 13.1 Å². The van der Waals surface area contributed by atoms with E-state index in [0.717, 1.165) is 11.0 Å². The van der Waals surface area contributed by atoms with E-state index in [1.165, 1.54) is 6.33 Å². The lowest BCUT2D eigenvalue weighted by Crippen LogP contribution is -2.05. The smallest absolute Gasteiger partial charge is 0.384 e. The van der Waals surface area contributed by atoms with E-state index >= 15 is 0 Å². The third kappa shape index (κ3) is 2.01. The van der Waals surface area contributed by atoms with Crippen molar-refractivity contribution in [2.75, 3.05) is 6.61 Å². The van der Waals surface area contributed by atoms with Crippen molar-refractivity contribution in [1.82, 2.24) is 9.97 Å². The van der Waals surface area contributed by atoms with E-state index < -0.39 is 5.97 Å². The van der Waals surface area contributed by atoms with Crippen molar-refractivity contribution in [2.24, 2.45) is 0 Å². The molecule has 80 valence electrons. The number of aromatic amines is 2. The quantitative estimate of drug-likeness (QED) is 0.550. The fraction of sp³-hybridized carbons (Fsp3) is 0.182. The van der Waals surface area contributed by atoms with Gasteiger partial charge in [0.2, 0.25) is 17.7 Å². The Balaban J connectivity index is 2.33. The second kappa shape index (κ2) is 4.45. The highest BCUT2D eigenvalue weighted by atomic mass is 16.5. The second-order valence-electron chi connectivity index (χ2n) is 2.99. The van der Waals surface area contributed by atoms with Crippen LogP contribution in [0.3, 0.4) is 0 Å². The molecule has 0 bridgehead atoms.